The lowest BCUT2D eigenvalue weighted by Gasteiger charge is -2.34. The second-order valence-corrected chi connectivity index (χ2v) is 8.34. The summed E-state index contributed by atoms with van der Waals surface area (Å²) in [5, 5.41) is 6.96. The molecule has 1 aliphatic heterocycles. The summed E-state index contributed by atoms with van der Waals surface area (Å²) in [7, 11) is 2.16. The molecule has 1 aromatic carbocycles. The van der Waals surface area contributed by atoms with Gasteiger partial charge in [0.25, 0.3) is 0 Å². The zero-order valence-electron chi connectivity index (χ0n) is 16.7. The number of likely N-dealkylation sites (N-methyl/N-ethyl adjacent to an activating group) is 1. The highest BCUT2D eigenvalue weighted by Crippen LogP contribution is 2.24. The van der Waals surface area contributed by atoms with Crippen molar-refractivity contribution < 1.29 is 0 Å². The van der Waals surface area contributed by atoms with Gasteiger partial charge in [-0.25, -0.2) is 14.8 Å². The molecule has 0 amide bonds. The number of anilines is 3. The molecule has 7 nitrogen and oxygen atoms in total. The number of aromatic nitrogens is 3. The van der Waals surface area contributed by atoms with Crippen LogP contribution in [0.3, 0.4) is 0 Å². The van der Waals surface area contributed by atoms with E-state index in [4.69, 9.17) is 0 Å². The second kappa shape index (κ2) is 7.89. The van der Waals surface area contributed by atoms with Crippen LogP contribution in [-0.2, 0) is 0 Å². The minimum Gasteiger partial charge on any atom is -0.369 e. The Morgan fingerprint density at radius 1 is 1.00 bits per heavy atom. The molecule has 30 heavy (non-hydrogen) atoms. The first kappa shape index (κ1) is 18.8. The van der Waals surface area contributed by atoms with Crippen LogP contribution in [0.25, 0.3) is 15.9 Å². The Morgan fingerprint density at radius 3 is 2.50 bits per heavy atom. The Labute approximate surface area is 178 Å². The molecule has 0 atom stereocenters. The Balaban J connectivity index is 1.42. The van der Waals surface area contributed by atoms with Gasteiger partial charge in [0.15, 0.2) is 0 Å². The molecule has 0 bridgehead atoms. The molecule has 0 aliphatic carbocycles. The van der Waals surface area contributed by atoms with Crippen LogP contribution in [0.4, 0.5) is 17.2 Å². The fourth-order valence-corrected chi connectivity index (χ4v) is 4.42. The summed E-state index contributed by atoms with van der Waals surface area (Å²) in [6, 6.07) is 14.1. The van der Waals surface area contributed by atoms with E-state index in [9.17, 15) is 4.79 Å². The number of thiophene rings is 1. The zero-order chi connectivity index (χ0) is 20.5. The van der Waals surface area contributed by atoms with E-state index in [1.807, 2.05) is 23.6 Å². The fourth-order valence-electron chi connectivity index (χ4n) is 3.68. The van der Waals surface area contributed by atoms with Crippen LogP contribution in [0.2, 0.25) is 0 Å². The van der Waals surface area contributed by atoms with E-state index in [1.54, 1.807) is 17.0 Å². The van der Waals surface area contributed by atoms with Crippen molar-refractivity contribution in [3.8, 4) is 5.00 Å². The van der Waals surface area contributed by atoms with Crippen LogP contribution >= 0.6 is 11.3 Å². The summed E-state index contributed by atoms with van der Waals surface area (Å²) >= 11 is 1.50. The molecule has 1 fully saturated rings. The molecule has 8 heteroatoms. The van der Waals surface area contributed by atoms with Crippen LogP contribution < -0.4 is 15.9 Å². The second-order valence-electron chi connectivity index (χ2n) is 7.42. The normalized spacial score (nSPS) is 14.9. The van der Waals surface area contributed by atoms with Gasteiger partial charge in [0.1, 0.15) is 10.8 Å². The smallest absolute Gasteiger partial charge is 0.353 e. The topological polar surface area (TPSA) is 66.3 Å². The minimum absolute atomic E-state index is 0.293. The zero-order valence-corrected chi connectivity index (χ0v) is 17.5. The Hall–Kier alpha value is -3.23. The Bertz CT molecular complexity index is 1210. The predicted octanol–water partition coefficient (Wildman–Crippen LogP) is 3.34. The third-order valence-electron chi connectivity index (χ3n) is 5.39. The maximum absolute atomic E-state index is 12.4. The van der Waals surface area contributed by atoms with E-state index in [0.29, 0.717) is 5.82 Å². The van der Waals surface area contributed by atoms with E-state index in [-0.39, 0.29) is 5.69 Å². The number of benzene rings is 1. The molecule has 1 saturated heterocycles. The monoisotopic (exact) mass is 418 g/mol. The van der Waals surface area contributed by atoms with Gasteiger partial charge in [-0.2, -0.15) is 0 Å². The van der Waals surface area contributed by atoms with E-state index >= 15 is 0 Å². The summed E-state index contributed by atoms with van der Waals surface area (Å²) < 4.78 is 1.63. The third-order valence-corrected chi connectivity index (χ3v) is 6.25. The molecular formula is C22H22N6OS. The fraction of sp³-hybridized carbons (Fsp3) is 0.227. The number of rotatable bonds is 4. The van der Waals surface area contributed by atoms with Gasteiger partial charge < -0.3 is 15.1 Å². The van der Waals surface area contributed by atoms with Crippen LogP contribution in [0, 0.1) is 0 Å². The molecule has 5 rings (SSSR count). The van der Waals surface area contributed by atoms with Gasteiger partial charge in [0.2, 0.25) is 0 Å². The lowest BCUT2D eigenvalue weighted by atomic mass is 10.2. The van der Waals surface area contributed by atoms with Crippen LogP contribution in [0.15, 0.2) is 65.0 Å². The van der Waals surface area contributed by atoms with Crippen LogP contribution in [-0.4, -0.2) is 52.7 Å². The number of pyridine rings is 1. The van der Waals surface area contributed by atoms with Crippen molar-refractivity contribution in [3.63, 3.8) is 0 Å². The molecule has 3 aromatic heterocycles. The van der Waals surface area contributed by atoms with Gasteiger partial charge >= 0.3 is 5.69 Å². The van der Waals surface area contributed by atoms with Gasteiger partial charge in [0.05, 0.1) is 5.52 Å². The van der Waals surface area contributed by atoms with Crippen molar-refractivity contribution in [2.24, 2.45) is 0 Å². The molecule has 1 N–H and O–H groups in total. The third kappa shape index (κ3) is 3.67. The summed E-state index contributed by atoms with van der Waals surface area (Å²) in [6.07, 6.45) is 3.32. The van der Waals surface area contributed by atoms with Crippen molar-refractivity contribution >= 4 is 39.4 Å². The largest absolute Gasteiger partial charge is 0.369 e. The number of fused-ring (bicyclic) bond motifs is 1. The molecule has 1 aliphatic rings. The van der Waals surface area contributed by atoms with Gasteiger partial charge in [-0.15, -0.1) is 11.3 Å². The highest BCUT2D eigenvalue weighted by Gasteiger charge is 2.14. The van der Waals surface area contributed by atoms with E-state index in [0.717, 1.165) is 47.8 Å². The van der Waals surface area contributed by atoms with Gasteiger partial charge in [-0.1, -0.05) is 0 Å². The van der Waals surface area contributed by atoms with E-state index in [1.165, 1.54) is 17.0 Å². The quantitative estimate of drug-likeness (QED) is 0.548. The molecule has 152 valence electrons. The van der Waals surface area contributed by atoms with Gasteiger partial charge in [-0.05, 0) is 48.8 Å². The summed E-state index contributed by atoms with van der Waals surface area (Å²) in [4.78, 5) is 25.7. The lowest BCUT2D eigenvalue weighted by Crippen LogP contribution is -2.44. The van der Waals surface area contributed by atoms with Gasteiger partial charge in [-0.3, -0.25) is 4.57 Å². The minimum atomic E-state index is -0.293. The highest BCUT2D eigenvalue weighted by molar-refractivity contribution is 7.12. The average Bonchev–Trinajstić information content (AvgIpc) is 3.29. The maximum atomic E-state index is 12.4. The van der Waals surface area contributed by atoms with Crippen LogP contribution in [0.1, 0.15) is 0 Å². The van der Waals surface area contributed by atoms with Crippen LogP contribution in [0.5, 0.6) is 0 Å². The maximum Gasteiger partial charge on any atom is 0.353 e. The summed E-state index contributed by atoms with van der Waals surface area (Å²) in [5.74, 6) is 0.686. The molecule has 4 aromatic rings. The van der Waals surface area contributed by atoms with Gasteiger partial charge in [0, 0.05) is 61.4 Å². The van der Waals surface area contributed by atoms with Crippen molar-refractivity contribution in [3.05, 3.63) is 70.7 Å². The Kier molecular flexibility index (Phi) is 4.94. The number of piperazine rings is 1. The van der Waals surface area contributed by atoms with E-state index < -0.39 is 0 Å². The average molecular weight is 419 g/mol. The number of hydrogen-bond acceptors (Lipinski definition) is 7. The standard InChI is InChI=1S/C22H22N6OS/c1-26-8-10-27(11-9-26)18-6-4-17(5-7-18)25-20-13-19-16(14-23-20)15-24-22(29)28(19)21-3-2-12-30-21/h2-7,12-15H,8-11H2,1H3,(H,23,25). The summed E-state index contributed by atoms with van der Waals surface area (Å²) in [6.45, 7) is 4.26. The predicted molar refractivity (Wildman–Crippen MR) is 122 cm³/mol. The highest BCUT2D eigenvalue weighted by atomic mass is 32.1. The SMILES string of the molecule is CN1CCN(c2ccc(Nc3cc4c(cn3)cnc(=O)n4-c3cccs3)cc2)CC1. The molecule has 0 radical (unpaired) electrons. The molecule has 0 saturated carbocycles. The number of nitrogens with one attached hydrogen (secondary N) is 1. The lowest BCUT2D eigenvalue weighted by molar-refractivity contribution is 0.313. The number of hydrogen-bond donors (Lipinski definition) is 1. The molecule has 0 spiro atoms. The first-order valence-electron chi connectivity index (χ1n) is 9.90. The Morgan fingerprint density at radius 2 is 1.77 bits per heavy atom. The molecule has 4 heterocycles. The first-order chi connectivity index (χ1) is 14.7. The van der Waals surface area contributed by atoms with Crippen molar-refractivity contribution in [2.45, 2.75) is 0 Å². The summed E-state index contributed by atoms with van der Waals surface area (Å²) in [5.41, 5.74) is 2.68. The molecular weight excluding hydrogens is 396 g/mol. The van der Waals surface area contributed by atoms with Crippen molar-refractivity contribution in [1.82, 2.24) is 19.4 Å². The molecule has 0 unspecified atom stereocenters. The van der Waals surface area contributed by atoms with Crippen molar-refractivity contribution in [1.29, 1.82) is 0 Å². The first-order valence-corrected chi connectivity index (χ1v) is 10.8. The van der Waals surface area contributed by atoms with E-state index in [2.05, 4.69) is 56.4 Å². The van der Waals surface area contributed by atoms with Crippen molar-refractivity contribution in [2.75, 3.05) is 43.4 Å². The number of nitrogens with zero attached hydrogens (tertiary/aromatic N) is 5.